The standard InChI is InChI=1S/C15H17BrN2O2/c1-10(2)18-14(19)7-8-15-17-9-13(20-15)11-3-5-12(16)6-4-11/h3-6,9-10H,7-8H2,1-2H3,(H,18,19). The van der Waals surface area contributed by atoms with Crippen LogP contribution < -0.4 is 5.32 Å². The summed E-state index contributed by atoms with van der Waals surface area (Å²) in [7, 11) is 0. The van der Waals surface area contributed by atoms with E-state index in [9.17, 15) is 4.79 Å². The molecule has 0 spiro atoms. The van der Waals surface area contributed by atoms with E-state index >= 15 is 0 Å². The van der Waals surface area contributed by atoms with Crippen molar-refractivity contribution in [3.8, 4) is 11.3 Å². The summed E-state index contributed by atoms with van der Waals surface area (Å²) in [5, 5.41) is 2.84. The van der Waals surface area contributed by atoms with Gasteiger partial charge in [-0.3, -0.25) is 4.79 Å². The molecule has 4 nitrogen and oxygen atoms in total. The van der Waals surface area contributed by atoms with Crippen molar-refractivity contribution in [1.82, 2.24) is 10.3 Å². The topological polar surface area (TPSA) is 55.1 Å². The molecule has 0 aliphatic carbocycles. The zero-order valence-electron chi connectivity index (χ0n) is 11.5. The van der Waals surface area contributed by atoms with Crippen molar-refractivity contribution in [3.05, 3.63) is 40.8 Å². The highest BCUT2D eigenvalue weighted by atomic mass is 79.9. The number of nitrogens with zero attached hydrogens (tertiary/aromatic N) is 1. The van der Waals surface area contributed by atoms with Crippen LogP contribution in [0.3, 0.4) is 0 Å². The molecular formula is C15H17BrN2O2. The van der Waals surface area contributed by atoms with Crippen LogP contribution in [-0.4, -0.2) is 16.9 Å². The van der Waals surface area contributed by atoms with Gasteiger partial charge in [-0.2, -0.15) is 0 Å². The Kier molecular flexibility index (Phi) is 4.95. The van der Waals surface area contributed by atoms with Crippen LogP contribution in [0, 0.1) is 0 Å². The van der Waals surface area contributed by atoms with Crippen LogP contribution in [-0.2, 0) is 11.2 Å². The van der Waals surface area contributed by atoms with E-state index in [0.29, 0.717) is 18.7 Å². The van der Waals surface area contributed by atoms with E-state index < -0.39 is 0 Å². The first kappa shape index (κ1) is 14.8. The van der Waals surface area contributed by atoms with Gasteiger partial charge in [0.2, 0.25) is 5.91 Å². The molecule has 0 radical (unpaired) electrons. The van der Waals surface area contributed by atoms with Gasteiger partial charge in [-0.15, -0.1) is 0 Å². The molecule has 2 aromatic rings. The summed E-state index contributed by atoms with van der Waals surface area (Å²) in [6, 6.07) is 7.98. The molecule has 2 rings (SSSR count). The molecule has 0 aliphatic heterocycles. The van der Waals surface area contributed by atoms with Crippen molar-refractivity contribution >= 4 is 21.8 Å². The summed E-state index contributed by atoms with van der Waals surface area (Å²) < 4.78 is 6.68. The third kappa shape index (κ3) is 4.20. The monoisotopic (exact) mass is 336 g/mol. The second-order valence-electron chi connectivity index (χ2n) is 4.85. The number of oxazole rings is 1. The fraction of sp³-hybridized carbons (Fsp3) is 0.333. The first-order chi connectivity index (χ1) is 9.54. The Labute approximate surface area is 126 Å². The van der Waals surface area contributed by atoms with Gasteiger partial charge in [0.05, 0.1) is 6.20 Å². The average Bonchev–Trinajstić information content (AvgIpc) is 2.85. The average molecular weight is 337 g/mol. The van der Waals surface area contributed by atoms with Crippen molar-refractivity contribution in [2.45, 2.75) is 32.7 Å². The summed E-state index contributed by atoms with van der Waals surface area (Å²) in [6.07, 6.45) is 2.59. The molecule has 0 saturated carbocycles. The molecule has 5 heteroatoms. The van der Waals surface area contributed by atoms with Crippen LogP contribution in [0.5, 0.6) is 0 Å². The SMILES string of the molecule is CC(C)NC(=O)CCc1ncc(-c2ccc(Br)cc2)o1. The van der Waals surface area contributed by atoms with Gasteiger partial charge in [0.15, 0.2) is 11.7 Å². The number of carbonyl (C=O) groups excluding carboxylic acids is 1. The normalized spacial score (nSPS) is 10.8. The summed E-state index contributed by atoms with van der Waals surface area (Å²) in [4.78, 5) is 15.8. The number of benzene rings is 1. The zero-order valence-corrected chi connectivity index (χ0v) is 13.1. The van der Waals surface area contributed by atoms with Gasteiger partial charge in [-0.25, -0.2) is 4.98 Å². The second kappa shape index (κ2) is 6.70. The molecule has 0 unspecified atom stereocenters. The second-order valence-corrected chi connectivity index (χ2v) is 5.76. The van der Waals surface area contributed by atoms with Gasteiger partial charge in [0, 0.05) is 28.9 Å². The van der Waals surface area contributed by atoms with E-state index in [-0.39, 0.29) is 11.9 Å². The Morgan fingerprint density at radius 2 is 2.05 bits per heavy atom. The molecule has 0 aliphatic rings. The van der Waals surface area contributed by atoms with Crippen molar-refractivity contribution in [2.24, 2.45) is 0 Å². The Bertz CT molecular complexity index is 576. The molecule has 106 valence electrons. The highest BCUT2D eigenvalue weighted by Crippen LogP contribution is 2.22. The maximum atomic E-state index is 11.6. The summed E-state index contributed by atoms with van der Waals surface area (Å²) in [5.41, 5.74) is 0.971. The fourth-order valence-electron chi connectivity index (χ4n) is 1.79. The van der Waals surface area contributed by atoms with Crippen molar-refractivity contribution in [1.29, 1.82) is 0 Å². The molecule has 1 N–H and O–H groups in total. The van der Waals surface area contributed by atoms with Gasteiger partial charge >= 0.3 is 0 Å². The Hall–Kier alpha value is -1.62. The van der Waals surface area contributed by atoms with Crippen LogP contribution in [0.15, 0.2) is 39.4 Å². The van der Waals surface area contributed by atoms with Crippen LogP contribution in [0.4, 0.5) is 0 Å². The lowest BCUT2D eigenvalue weighted by atomic mass is 10.2. The molecule has 0 atom stereocenters. The van der Waals surface area contributed by atoms with Crippen LogP contribution >= 0.6 is 15.9 Å². The number of amides is 1. The number of halogens is 1. The summed E-state index contributed by atoms with van der Waals surface area (Å²) in [5.74, 6) is 1.32. The van der Waals surface area contributed by atoms with Gasteiger partial charge < -0.3 is 9.73 Å². The maximum absolute atomic E-state index is 11.6. The predicted octanol–water partition coefficient (Wildman–Crippen LogP) is 3.56. The third-order valence-electron chi connectivity index (χ3n) is 2.70. The minimum atomic E-state index is 0.0170. The van der Waals surface area contributed by atoms with Gasteiger partial charge in [-0.1, -0.05) is 28.1 Å². The molecule has 20 heavy (non-hydrogen) atoms. The van der Waals surface area contributed by atoms with Crippen molar-refractivity contribution in [3.63, 3.8) is 0 Å². The number of aromatic nitrogens is 1. The highest BCUT2D eigenvalue weighted by Gasteiger charge is 2.09. The van der Waals surface area contributed by atoms with Crippen LogP contribution in [0.2, 0.25) is 0 Å². The number of nitrogens with one attached hydrogen (secondary N) is 1. The Morgan fingerprint density at radius 3 is 2.70 bits per heavy atom. The fourth-order valence-corrected chi connectivity index (χ4v) is 2.05. The largest absolute Gasteiger partial charge is 0.441 e. The zero-order chi connectivity index (χ0) is 14.5. The lowest BCUT2D eigenvalue weighted by molar-refractivity contribution is -0.121. The molecule has 0 fully saturated rings. The van der Waals surface area contributed by atoms with Gasteiger partial charge in [-0.05, 0) is 26.0 Å². The first-order valence-electron chi connectivity index (χ1n) is 6.54. The molecule has 1 heterocycles. The third-order valence-corrected chi connectivity index (χ3v) is 3.23. The molecule has 1 aromatic carbocycles. The highest BCUT2D eigenvalue weighted by molar-refractivity contribution is 9.10. The Morgan fingerprint density at radius 1 is 1.35 bits per heavy atom. The van der Waals surface area contributed by atoms with Gasteiger partial charge in [0.25, 0.3) is 0 Å². The van der Waals surface area contributed by atoms with E-state index in [1.807, 2.05) is 38.1 Å². The van der Waals surface area contributed by atoms with Crippen molar-refractivity contribution < 1.29 is 9.21 Å². The van der Waals surface area contributed by atoms with E-state index in [1.54, 1.807) is 6.20 Å². The first-order valence-corrected chi connectivity index (χ1v) is 7.34. The number of aryl methyl sites for hydroxylation is 1. The molecule has 0 bridgehead atoms. The van der Waals surface area contributed by atoms with Crippen LogP contribution in [0.1, 0.15) is 26.2 Å². The van der Waals surface area contributed by atoms with E-state index in [1.165, 1.54) is 0 Å². The van der Waals surface area contributed by atoms with Gasteiger partial charge in [0.1, 0.15) is 0 Å². The number of hydrogen-bond donors (Lipinski definition) is 1. The quantitative estimate of drug-likeness (QED) is 0.908. The van der Waals surface area contributed by atoms with E-state index in [2.05, 4.69) is 26.2 Å². The minimum absolute atomic E-state index is 0.0170. The summed E-state index contributed by atoms with van der Waals surface area (Å²) in [6.45, 7) is 3.88. The summed E-state index contributed by atoms with van der Waals surface area (Å²) >= 11 is 3.39. The van der Waals surface area contributed by atoms with Crippen LogP contribution in [0.25, 0.3) is 11.3 Å². The van der Waals surface area contributed by atoms with Crippen molar-refractivity contribution in [2.75, 3.05) is 0 Å². The van der Waals surface area contributed by atoms with E-state index in [0.717, 1.165) is 15.8 Å². The molecular weight excluding hydrogens is 320 g/mol. The lowest BCUT2D eigenvalue weighted by Gasteiger charge is -2.06. The smallest absolute Gasteiger partial charge is 0.220 e. The molecule has 0 saturated heterocycles. The minimum Gasteiger partial charge on any atom is -0.441 e. The lowest BCUT2D eigenvalue weighted by Crippen LogP contribution is -2.30. The number of hydrogen-bond acceptors (Lipinski definition) is 3. The number of carbonyl (C=O) groups is 1. The Balaban J connectivity index is 1.95. The maximum Gasteiger partial charge on any atom is 0.220 e. The molecule has 1 aromatic heterocycles. The van der Waals surface area contributed by atoms with E-state index in [4.69, 9.17) is 4.42 Å². The molecule has 1 amide bonds. The number of rotatable bonds is 5. The predicted molar refractivity (Wildman–Crippen MR) is 81.2 cm³/mol.